The summed E-state index contributed by atoms with van der Waals surface area (Å²) in [6.07, 6.45) is 1.89. The third kappa shape index (κ3) is 4.86. The quantitative estimate of drug-likeness (QED) is 0.558. The number of carbonyl (C=O) groups excluding carboxylic acids is 1. The van der Waals surface area contributed by atoms with Gasteiger partial charge in [-0.1, -0.05) is 28.0 Å². The first kappa shape index (κ1) is 21.7. The van der Waals surface area contributed by atoms with E-state index in [-0.39, 0.29) is 22.4 Å². The third-order valence-electron chi connectivity index (χ3n) is 5.11. The van der Waals surface area contributed by atoms with E-state index in [1.165, 1.54) is 28.6 Å². The Balaban J connectivity index is 1.45. The molecule has 0 spiro atoms. The minimum absolute atomic E-state index is 0.0399. The Morgan fingerprint density at radius 2 is 1.84 bits per heavy atom. The topological polar surface area (TPSA) is 105 Å². The zero-order valence-corrected chi connectivity index (χ0v) is 19.2. The molecular weight excluding hydrogens is 484 g/mol. The van der Waals surface area contributed by atoms with Gasteiger partial charge in [-0.05, 0) is 67.3 Å². The first-order valence-corrected chi connectivity index (χ1v) is 12.1. The molecule has 31 heavy (non-hydrogen) atoms. The largest absolute Gasteiger partial charge is 0.403 e. The number of sulfonamides is 1. The van der Waals surface area contributed by atoms with Gasteiger partial charge in [0.1, 0.15) is 0 Å². The zero-order chi connectivity index (χ0) is 22.0. The summed E-state index contributed by atoms with van der Waals surface area (Å²) in [4.78, 5) is 12.7. The number of carbonyl (C=O) groups is 1. The van der Waals surface area contributed by atoms with E-state index in [9.17, 15) is 13.2 Å². The van der Waals surface area contributed by atoms with Gasteiger partial charge in [-0.25, -0.2) is 8.42 Å². The van der Waals surface area contributed by atoms with Crippen molar-refractivity contribution in [3.8, 4) is 11.5 Å². The molecule has 10 heteroatoms. The van der Waals surface area contributed by atoms with Crippen LogP contribution in [0.5, 0.6) is 0 Å². The Bertz CT molecular complexity index is 1180. The Kier molecular flexibility index (Phi) is 6.22. The standard InChI is InChI=1S/C21H21BrN4O4S/c1-14-3-2-12-26(13-14)31(28,29)18-10-6-15(7-11-18)19(27)23-21-25-24-20(30-21)16-4-8-17(22)9-5-16/h4-11,14H,2-3,12-13H2,1H3,(H,23,25,27). The fourth-order valence-electron chi connectivity index (χ4n) is 3.44. The highest BCUT2D eigenvalue weighted by atomic mass is 79.9. The minimum Gasteiger partial charge on any atom is -0.403 e. The normalized spacial score (nSPS) is 17.4. The van der Waals surface area contributed by atoms with Crippen molar-refractivity contribution in [1.82, 2.24) is 14.5 Å². The van der Waals surface area contributed by atoms with Gasteiger partial charge in [-0.15, -0.1) is 5.10 Å². The van der Waals surface area contributed by atoms with E-state index in [1.54, 1.807) is 0 Å². The maximum absolute atomic E-state index is 12.9. The van der Waals surface area contributed by atoms with Crippen molar-refractivity contribution >= 4 is 37.9 Å². The van der Waals surface area contributed by atoms with E-state index in [1.807, 2.05) is 24.3 Å². The number of halogens is 1. The number of nitrogens with zero attached hydrogens (tertiary/aromatic N) is 3. The Hall–Kier alpha value is -2.56. The van der Waals surface area contributed by atoms with Crippen LogP contribution in [0, 0.1) is 5.92 Å². The predicted molar refractivity (Wildman–Crippen MR) is 119 cm³/mol. The van der Waals surface area contributed by atoms with E-state index >= 15 is 0 Å². The second kappa shape index (κ2) is 8.89. The third-order valence-corrected chi connectivity index (χ3v) is 7.52. The minimum atomic E-state index is -3.57. The maximum atomic E-state index is 12.9. The average molecular weight is 505 g/mol. The molecule has 1 aromatic heterocycles. The molecule has 2 aromatic carbocycles. The molecule has 3 aromatic rings. The van der Waals surface area contributed by atoms with Crippen LogP contribution < -0.4 is 5.32 Å². The van der Waals surface area contributed by atoms with Crippen molar-refractivity contribution in [3.63, 3.8) is 0 Å². The summed E-state index contributed by atoms with van der Waals surface area (Å²) in [7, 11) is -3.57. The van der Waals surface area contributed by atoms with Gasteiger partial charge >= 0.3 is 6.01 Å². The molecule has 1 saturated heterocycles. The number of piperidine rings is 1. The molecule has 1 amide bonds. The molecule has 0 aliphatic carbocycles. The van der Waals surface area contributed by atoms with Crippen LogP contribution in [0.25, 0.3) is 11.5 Å². The SMILES string of the molecule is CC1CCCN(S(=O)(=O)c2ccc(C(=O)Nc3nnc(-c4ccc(Br)cc4)o3)cc2)C1. The summed E-state index contributed by atoms with van der Waals surface area (Å²) in [5.74, 6) is 0.145. The van der Waals surface area contributed by atoms with Gasteiger partial charge in [0, 0.05) is 28.7 Å². The molecule has 0 radical (unpaired) electrons. The van der Waals surface area contributed by atoms with E-state index in [0.717, 1.165) is 22.9 Å². The average Bonchev–Trinajstić information content (AvgIpc) is 3.22. The van der Waals surface area contributed by atoms with Crippen LogP contribution in [0.4, 0.5) is 6.01 Å². The van der Waals surface area contributed by atoms with Gasteiger partial charge in [0.25, 0.3) is 5.91 Å². The smallest absolute Gasteiger partial charge is 0.322 e. The lowest BCUT2D eigenvalue weighted by Crippen LogP contribution is -2.39. The monoisotopic (exact) mass is 504 g/mol. The maximum Gasteiger partial charge on any atom is 0.322 e. The summed E-state index contributed by atoms with van der Waals surface area (Å²) in [6.45, 7) is 3.09. The summed E-state index contributed by atoms with van der Waals surface area (Å²) >= 11 is 3.36. The number of amides is 1. The molecule has 1 aliphatic rings. The van der Waals surface area contributed by atoms with Gasteiger partial charge < -0.3 is 4.42 Å². The van der Waals surface area contributed by atoms with Gasteiger partial charge in [0.2, 0.25) is 15.9 Å². The van der Waals surface area contributed by atoms with Crippen molar-refractivity contribution in [3.05, 3.63) is 58.6 Å². The summed E-state index contributed by atoms with van der Waals surface area (Å²) in [5, 5.41) is 10.3. The molecule has 1 unspecified atom stereocenters. The number of nitrogens with one attached hydrogen (secondary N) is 1. The van der Waals surface area contributed by atoms with Crippen LogP contribution >= 0.6 is 15.9 Å². The van der Waals surface area contributed by atoms with Crippen molar-refractivity contribution in [2.24, 2.45) is 5.92 Å². The van der Waals surface area contributed by atoms with Crippen LogP contribution in [-0.2, 0) is 10.0 Å². The van der Waals surface area contributed by atoms with E-state index in [4.69, 9.17) is 4.42 Å². The van der Waals surface area contributed by atoms with Crippen molar-refractivity contribution in [1.29, 1.82) is 0 Å². The van der Waals surface area contributed by atoms with Crippen molar-refractivity contribution in [2.45, 2.75) is 24.7 Å². The Labute approximate surface area is 188 Å². The lowest BCUT2D eigenvalue weighted by molar-refractivity contribution is 0.102. The summed E-state index contributed by atoms with van der Waals surface area (Å²) < 4.78 is 33.6. The van der Waals surface area contributed by atoms with Crippen LogP contribution in [-0.4, -0.2) is 41.9 Å². The van der Waals surface area contributed by atoms with Gasteiger partial charge in [-0.2, -0.15) is 4.31 Å². The lowest BCUT2D eigenvalue weighted by atomic mass is 10.0. The zero-order valence-electron chi connectivity index (χ0n) is 16.8. The van der Waals surface area contributed by atoms with Crippen LogP contribution in [0.3, 0.4) is 0 Å². The van der Waals surface area contributed by atoms with Gasteiger partial charge in [-0.3, -0.25) is 10.1 Å². The highest BCUT2D eigenvalue weighted by Crippen LogP contribution is 2.25. The van der Waals surface area contributed by atoms with Crippen LogP contribution in [0.15, 0.2) is 62.3 Å². The van der Waals surface area contributed by atoms with Gasteiger partial charge in [0.15, 0.2) is 0 Å². The van der Waals surface area contributed by atoms with Crippen molar-refractivity contribution in [2.75, 3.05) is 18.4 Å². The Morgan fingerprint density at radius 3 is 2.52 bits per heavy atom. The van der Waals surface area contributed by atoms with E-state index in [2.05, 4.69) is 38.4 Å². The van der Waals surface area contributed by atoms with Crippen LogP contribution in [0.2, 0.25) is 0 Å². The van der Waals surface area contributed by atoms with E-state index < -0.39 is 15.9 Å². The Morgan fingerprint density at radius 1 is 1.13 bits per heavy atom. The molecule has 0 bridgehead atoms. The molecule has 0 saturated carbocycles. The number of hydrogen-bond donors (Lipinski definition) is 1. The fraction of sp³-hybridized carbons (Fsp3) is 0.286. The fourth-order valence-corrected chi connectivity index (χ4v) is 5.31. The number of aromatic nitrogens is 2. The second-order valence-electron chi connectivity index (χ2n) is 7.51. The number of anilines is 1. The molecule has 1 atom stereocenters. The molecule has 1 aliphatic heterocycles. The second-order valence-corrected chi connectivity index (χ2v) is 10.4. The molecule has 4 rings (SSSR count). The summed E-state index contributed by atoms with van der Waals surface area (Å²) in [6, 6.07) is 13.1. The summed E-state index contributed by atoms with van der Waals surface area (Å²) in [5.41, 5.74) is 1.01. The molecule has 2 heterocycles. The van der Waals surface area contributed by atoms with Crippen molar-refractivity contribution < 1.29 is 17.6 Å². The van der Waals surface area contributed by atoms with Crippen LogP contribution in [0.1, 0.15) is 30.1 Å². The molecule has 1 N–H and O–H groups in total. The number of hydrogen-bond acceptors (Lipinski definition) is 6. The molecule has 8 nitrogen and oxygen atoms in total. The highest BCUT2D eigenvalue weighted by molar-refractivity contribution is 9.10. The van der Waals surface area contributed by atoms with E-state index in [0.29, 0.717) is 19.0 Å². The number of rotatable bonds is 5. The first-order valence-electron chi connectivity index (χ1n) is 9.84. The molecule has 162 valence electrons. The lowest BCUT2D eigenvalue weighted by Gasteiger charge is -2.30. The number of benzene rings is 2. The van der Waals surface area contributed by atoms with Gasteiger partial charge in [0.05, 0.1) is 4.90 Å². The predicted octanol–water partition coefficient (Wildman–Crippen LogP) is 4.17. The highest BCUT2D eigenvalue weighted by Gasteiger charge is 2.28. The molecule has 1 fully saturated rings. The molecular formula is C21H21BrN4O4S. The first-order chi connectivity index (χ1) is 14.8.